The van der Waals surface area contributed by atoms with Crippen LogP contribution in [0.15, 0.2) is 42.5 Å². The van der Waals surface area contributed by atoms with E-state index in [2.05, 4.69) is 5.32 Å². The number of hydrogen-bond donors (Lipinski definition) is 1. The fourth-order valence-corrected chi connectivity index (χ4v) is 4.48. The minimum absolute atomic E-state index is 0.0457. The van der Waals surface area contributed by atoms with Gasteiger partial charge in [0.2, 0.25) is 11.8 Å². The maximum absolute atomic E-state index is 13.3. The molecule has 0 aliphatic carbocycles. The lowest BCUT2D eigenvalue weighted by Gasteiger charge is -2.31. The van der Waals surface area contributed by atoms with Crippen molar-refractivity contribution in [2.24, 2.45) is 0 Å². The molecule has 0 radical (unpaired) electrons. The van der Waals surface area contributed by atoms with Gasteiger partial charge >= 0.3 is 0 Å². The lowest BCUT2D eigenvalue weighted by atomic mass is 10.1. The third kappa shape index (κ3) is 8.43. The van der Waals surface area contributed by atoms with Crippen molar-refractivity contribution in [2.75, 3.05) is 12.9 Å². The van der Waals surface area contributed by atoms with Gasteiger partial charge in [0, 0.05) is 18.3 Å². The molecule has 5 nitrogen and oxygen atoms in total. The Morgan fingerprint density at radius 2 is 1.82 bits per heavy atom. The van der Waals surface area contributed by atoms with Gasteiger partial charge in [-0.2, -0.15) is 0 Å². The number of carbonyl (C=O) groups is 2. The largest absolute Gasteiger partial charge is 0.497 e. The monoisotopic (exact) mass is 510 g/mol. The Labute approximate surface area is 211 Å². The van der Waals surface area contributed by atoms with Crippen LogP contribution in [0.1, 0.15) is 44.7 Å². The molecule has 33 heavy (non-hydrogen) atoms. The van der Waals surface area contributed by atoms with Gasteiger partial charge in [0.25, 0.3) is 0 Å². The Morgan fingerprint density at radius 3 is 2.45 bits per heavy atom. The number of nitrogens with zero attached hydrogens (tertiary/aromatic N) is 1. The van der Waals surface area contributed by atoms with Crippen molar-refractivity contribution in [1.82, 2.24) is 10.2 Å². The molecule has 2 rings (SSSR count). The van der Waals surface area contributed by atoms with E-state index in [0.717, 1.165) is 17.5 Å². The molecule has 2 atom stereocenters. The first kappa shape index (κ1) is 27.4. The van der Waals surface area contributed by atoms with Crippen LogP contribution in [0.5, 0.6) is 5.75 Å². The highest BCUT2D eigenvalue weighted by atomic mass is 35.5. The number of ether oxygens (including phenoxy) is 1. The average Bonchev–Trinajstić information content (AvgIpc) is 2.81. The molecule has 1 N–H and O–H groups in total. The van der Waals surface area contributed by atoms with Crippen molar-refractivity contribution < 1.29 is 14.3 Å². The van der Waals surface area contributed by atoms with Gasteiger partial charge in [-0.3, -0.25) is 9.59 Å². The number of benzene rings is 2. The molecule has 2 aromatic rings. The molecule has 2 amide bonds. The van der Waals surface area contributed by atoms with Crippen molar-refractivity contribution in [3.8, 4) is 5.75 Å². The minimum atomic E-state index is -0.553. The molecule has 0 saturated heterocycles. The smallest absolute Gasteiger partial charge is 0.243 e. The Hall–Kier alpha value is -1.89. The first-order valence-corrected chi connectivity index (χ1v) is 12.9. The third-order valence-corrected chi connectivity index (χ3v) is 7.08. The second-order valence-corrected chi connectivity index (χ2v) is 9.66. The molecule has 0 fully saturated rings. The molecule has 0 aliphatic rings. The van der Waals surface area contributed by atoms with E-state index >= 15 is 0 Å². The van der Waals surface area contributed by atoms with E-state index in [1.807, 2.05) is 57.2 Å². The predicted octanol–water partition coefficient (Wildman–Crippen LogP) is 5.96. The summed E-state index contributed by atoms with van der Waals surface area (Å²) in [6.45, 7) is 6.24. The second kappa shape index (κ2) is 13.7. The van der Waals surface area contributed by atoms with Gasteiger partial charge in [0.15, 0.2) is 0 Å². The molecule has 8 heteroatoms. The summed E-state index contributed by atoms with van der Waals surface area (Å²) in [6.07, 6.45) is 1.35. The fourth-order valence-electron chi connectivity index (χ4n) is 3.30. The summed E-state index contributed by atoms with van der Waals surface area (Å²) in [7, 11) is 1.61. The summed E-state index contributed by atoms with van der Waals surface area (Å²) in [5.41, 5.74) is 1.90. The number of amides is 2. The number of nitrogens with one attached hydrogen (secondary N) is 1. The van der Waals surface area contributed by atoms with E-state index in [1.165, 1.54) is 11.8 Å². The average molecular weight is 512 g/mol. The highest BCUT2D eigenvalue weighted by Gasteiger charge is 2.29. The van der Waals surface area contributed by atoms with Gasteiger partial charge < -0.3 is 15.0 Å². The summed E-state index contributed by atoms with van der Waals surface area (Å²) in [5.74, 6) is 1.36. The van der Waals surface area contributed by atoms with E-state index in [0.29, 0.717) is 34.5 Å². The van der Waals surface area contributed by atoms with Crippen LogP contribution in [0, 0.1) is 0 Å². The zero-order chi connectivity index (χ0) is 24.4. The standard InChI is InChI=1S/C25H32Cl2N2O3S/c1-5-17(3)28-25(31)23(6-2)29(14-18-8-7-9-20(12-18)32-4)24(30)16-33-15-19-10-11-21(26)22(27)13-19/h7-13,17,23H,5-6,14-16H2,1-4H3,(H,28,31). The van der Waals surface area contributed by atoms with E-state index in [9.17, 15) is 9.59 Å². The van der Waals surface area contributed by atoms with Gasteiger partial charge in [-0.1, -0.05) is 55.2 Å². The number of thioether (sulfide) groups is 1. The zero-order valence-corrected chi connectivity index (χ0v) is 21.9. The van der Waals surface area contributed by atoms with Crippen LogP contribution >= 0.6 is 35.0 Å². The second-order valence-electron chi connectivity index (χ2n) is 7.86. The van der Waals surface area contributed by atoms with Crippen molar-refractivity contribution in [3.05, 3.63) is 63.6 Å². The Morgan fingerprint density at radius 1 is 1.06 bits per heavy atom. The van der Waals surface area contributed by atoms with Crippen molar-refractivity contribution in [2.45, 2.75) is 58.0 Å². The zero-order valence-electron chi connectivity index (χ0n) is 19.6. The minimum Gasteiger partial charge on any atom is -0.497 e. The summed E-state index contributed by atoms with van der Waals surface area (Å²) in [5, 5.41) is 4.02. The van der Waals surface area contributed by atoms with E-state index in [4.69, 9.17) is 27.9 Å². The van der Waals surface area contributed by atoms with Gasteiger partial charge in [0.05, 0.1) is 22.9 Å². The van der Waals surface area contributed by atoms with Crippen LogP contribution in [0.2, 0.25) is 10.0 Å². The van der Waals surface area contributed by atoms with Gasteiger partial charge in [-0.05, 0) is 55.2 Å². The molecule has 0 heterocycles. The van der Waals surface area contributed by atoms with Gasteiger partial charge in [-0.15, -0.1) is 11.8 Å². The molecule has 0 aliphatic heterocycles. The summed E-state index contributed by atoms with van der Waals surface area (Å²) >= 11 is 13.6. The Bertz CT molecular complexity index is 942. The lowest BCUT2D eigenvalue weighted by molar-refractivity contribution is -0.139. The maximum atomic E-state index is 13.3. The predicted molar refractivity (Wildman–Crippen MR) is 138 cm³/mol. The number of methoxy groups -OCH3 is 1. The molecule has 0 spiro atoms. The Kier molecular flexibility index (Phi) is 11.4. The highest BCUT2D eigenvalue weighted by molar-refractivity contribution is 7.99. The molecule has 2 unspecified atom stereocenters. The van der Waals surface area contributed by atoms with Crippen LogP contribution in [-0.2, 0) is 21.9 Å². The number of hydrogen-bond acceptors (Lipinski definition) is 4. The quantitative estimate of drug-likeness (QED) is 0.382. The van der Waals surface area contributed by atoms with E-state index < -0.39 is 6.04 Å². The SMILES string of the molecule is CCC(C)NC(=O)C(CC)N(Cc1cccc(OC)c1)C(=O)CSCc1ccc(Cl)c(Cl)c1. The molecular formula is C25H32Cl2N2O3S. The molecule has 2 aromatic carbocycles. The first-order valence-electron chi connectivity index (χ1n) is 11.0. The molecular weight excluding hydrogens is 479 g/mol. The van der Waals surface area contributed by atoms with Crippen molar-refractivity contribution >= 4 is 46.8 Å². The molecule has 0 saturated carbocycles. The van der Waals surface area contributed by atoms with E-state index in [1.54, 1.807) is 18.1 Å². The van der Waals surface area contributed by atoms with Gasteiger partial charge in [-0.25, -0.2) is 0 Å². The highest BCUT2D eigenvalue weighted by Crippen LogP contribution is 2.25. The fraction of sp³-hybridized carbons (Fsp3) is 0.440. The van der Waals surface area contributed by atoms with Crippen LogP contribution in [0.4, 0.5) is 0 Å². The summed E-state index contributed by atoms with van der Waals surface area (Å²) < 4.78 is 5.32. The normalized spacial score (nSPS) is 12.7. The molecule has 180 valence electrons. The van der Waals surface area contributed by atoms with E-state index in [-0.39, 0.29) is 23.6 Å². The molecule has 0 bridgehead atoms. The van der Waals surface area contributed by atoms with Crippen LogP contribution in [0.3, 0.4) is 0 Å². The van der Waals surface area contributed by atoms with Crippen LogP contribution in [0.25, 0.3) is 0 Å². The van der Waals surface area contributed by atoms with Crippen LogP contribution in [-0.4, -0.2) is 41.7 Å². The van der Waals surface area contributed by atoms with Crippen LogP contribution < -0.4 is 10.1 Å². The number of halogens is 2. The summed E-state index contributed by atoms with van der Waals surface area (Å²) in [6, 6.07) is 12.5. The third-order valence-electron chi connectivity index (χ3n) is 5.35. The Balaban J connectivity index is 2.17. The van der Waals surface area contributed by atoms with Gasteiger partial charge in [0.1, 0.15) is 11.8 Å². The maximum Gasteiger partial charge on any atom is 0.243 e. The molecule has 0 aromatic heterocycles. The van der Waals surface area contributed by atoms with Crippen molar-refractivity contribution in [1.29, 1.82) is 0 Å². The summed E-state index contributed by atoms with van der Waals surface area (Å²) in [4.78, 5) is 28.0. The topological polar surface area (TPSA) is 58.6 Å². The lowest BCUT2D eigenvalue weighted by Crippen LogP contribution is -2.51. The number of carbonyl (C=O) groups excluding carboxylic acids is 2. The first-order chi connectivity index (χ1) is 15.8. The van der Waals surface area contributed by atoms with Crippen molar-refractivity contribution in [3.63, 3.8) is 0 Å². The number of rotatable bonds is 12.